The summed E-state index contributed by atoms with van der Waals surface area (Å²) in [6, 6.07) is 10.1. The number of benzene rings is 1. The standard InChI is InChI=1S/C20H32N4OS/c1-21-20(22-10-14-26(25)17-18-7-3-2-4-8-18)24-13-9-19(16-24)15-23-11-5-6-12-23/h2-4,7-8,19H,5-6,9-17H2,1H3,(H,21,22). The minimum atomic E-state index is -0.844. The Bertz CT molecular complexity index is 601. The van der Waals surface area contributed by atoms with E-state index >= 15 is 0 Å². The molecule has 144 valence electrons. The van der Waals surface area contributed by atoms with Crippen LogP contribution in [0.15, 0.2) is 35.3 Å². The van der Waals surface area contributed by atoms with Gasteiger partial charge in [0, 0.05) is 55.5 Å². The first-order valence-corrected chi connectivity index (χ1v) is 11.3. The molecule has 0 bridgehead atoms. The van der Waals surface area contributed by atoms with Gasteiger partial charge in [-0.05, 0) is 43.8 Å². The number of aliphatic imine (C=N–C) groups is 1. The van der Waals surface area contributed by atoms with Crippen LogP contribution in [0, 0.1) is 5.92 Å². The minimum Gasteiger partial charge on any atom is -0.355 e. The number of guanidine groups is 1. The summed E-state index contributed by atoms with van der Waals surface area (Å²) in [5.41, 5.74) is 1.14. The molecule has 5 nitrogen and oxygen atoms in total. The molecule has 2 unspecified atom stereocenters. The van der Waals surface area contributed by atoms with Gasteiger partial charge in [0.2, 0.25) is 0 Å². The highest BCUT2D eigenvalue weighted by Crippen LogP contribution is 2.19. The lowest BCUT2D eigenvalue weighted by Crippen LogP contribution is -2.42. The van der Waals surface area contributed by atoms with E-state index in [9.17, 15) is 4.21 Å². The van der Waals surface area contributed by atoms with Crippen LogP contribution in [-0.4, -0.2) is 72.0 Å². The van der Waals surface area contributed by atoms with Gasteiger partial charge in [0.25, 0.3) is 0 Å². The van der Waals surface area contributed by atoms with Crippen molar-refractivity contribution < 1.29 is 4.21 Å². The van der Waals surface area contributed by atoms with E-state index in [4.69, 9.17) is 0 Å². The van der Waals surface area contributed by atoms with E-state index in [2.05, 4.69) is 20.1 Å². The van der Waals surface area contributed by atoms with Crippen molar-refractivity contribution in [2.45, 2.75) is 25.0 Å². The van der Waals surface area contributed by atoms with E-state index in [1.165, 1.54) is 38.9 Å². The Labute approximate surface area is 160 Å². The molecule has 2 aliphatic heterocycles. The molecule has 2 heterocycles. The Hall–Kier alpha value is -1.40. The zero-order valence-electron chi connectivity index (χ0n) is 15.9. The molecule has 0 aliphatic carbocycles. The molecule has 1 aromatic rings. The normalized spacial score (nSPS) is 22.7. The molecule has 6 heteroatoms. The second-order valence-corrected chi connectivity index (χ2v) is 8.93. The smallest absolute Gasteiger partial charge is 0.193 e. The van der Waals surface area contributed by atoms with Crippen LogP contribution >= 0.6 is 0 Å². The van der Waals surface area contributed by atoms with Crippen LogP contribution in [0.25, 0.3) is 0 Å². The van der Waals surface area contributed by atoms with E-state index in [1.807, 2.05) is 37.4 Å². The summed E-state index contributed by atoms with van der Waals surface area (Å²) in [7, 11) is 1.00. The first-order chi connectivity index (χ1) is 12.7. The van der Waals surface area contributed by atoms with Gasteiger partial charge in [-0.2, -0.15) is 0 Å². The molecular formula is C20H32N4OS. The molecule has 3 rings (SSSR count). The molecule has 1 N–H and O–H groups in total. The second-order valence-electron chi connectivity index (χ2n) is 7.36. The molecule has 0 amide bonds. The van der Waals surface area contributed by atoms with Gasteiger partial charge in [-0.1, -0.05) is 30.3 Å². The molecule has 0 radical (unpaired) electrons. The van der Waals surface area contributed by atoms with Crippen LogP contribution in [0.3, 0.4) is 0 Å². The van der Waals surface area contributed by atoms with Crippen LogP contribution in [0.1, 0.15) is 24.8 Å². The molecule has 2 aliphatic rings. The molecule has 0 aromatic heterocycles. The van der Waals surface area contributed by atoms with Crippen molar-refractivity contribution in [3.8, 4) is 0 Å². The van der Waals surface area contributed by atoms with Crippen LogP contribution in [0.4, 0.5) is 0 Å². The van der Waals surface area contributed by atoms with Gasteiger partial charge in [-0.15, -0.1) is 0 Å². The molecule has 26 heavy (non-hydrogen) atoms. The number of likely N-dealkylation sites (tertiary alicyclic amines) is 2. The summed E-state index contributed by atoms with van der Waals surface area (Å²) >= 11 is 0. The van der Waals surface area contributed by atoms with Crippen molar-refractivity contribution in [2.75, 3.05) is 52.1 Å². The fourth-order valence-corrected chi connectivity index (χ4v) is 4.98. The Morgan fingerprint density at radius 1 is 1.23 bits per heavy atom. The largest absolute Gasteiger partial charge is 0.355 e. The topological polar surface area (TPSA) is 47.9 Å². The number of nitrogens with one attached hydrogen (secondary N) is 1. The predicted octanol–water partition coefficient (Wildman–Crippen LogP) is 1.93. The molecule has 0 saturated carbocycles. The molecule has 2 saturated heterocycles. The predicted molar refractivity (Wildman–Crippen MR) is 110 cm³/mol. The summed E-state index contributed by atoms with van der Waals surface area (Å²) < 4.78 is 12.3. The fraction of sp³-hybridized carbons (Fsp3) is 0.650. The summed E-state index contributed by atoms with van der Waals surface area (Å²) in [5, 5.41) is 3.41. The van der Waals surface area contributed by atoms with Gasteiger partial charge in [0.15, 0.2) is 5.96 Å². The number of hydrogen-bond donors (Lipinski definition) is 1. The van der Waals surface area contributed by atoms with E-state index in [-0.39, 0.29) is 0 Å². The zero-order chi connectivity index (χ0) is 18.2. The summed E-state index contributed by atoms with van der Waals surface area (Å²) in [6.45, 7) is 6.65. The van der Waals surface area contributed by atoms with Gasteiger partial charge >= 0.3 is 0 Å². The molecule has 1 aromatic carbocycles. The highest BCUT2D eigenvalue weighted by atomic mass is 32.2. The van der Waals surface area contributed by atoms with Gasteiger partial charge < -0.3 is 15.1 Å². The number of hydrogen-bond acceptors (Lipinski definition) is 3. The average molecular weight is 377 g/mol. The molecule has 2 atom stereocenters. The summed E-state index contributed by atoms with van der Waals surface area (Å²) in [6.07, 6.45) is 3.97. The first kappa shape index (κ1) is 19.4. The van der Waals surface area contributed by atoms with Gasteiger partial charge in [0.1, 0.15) is 0 Å². The fourth-order valence-electron chi connectivity index (χ4n) is 3.95. The first-order valence-electron chi connectivity index (χ1n) is 9.81. The van der Waals surface area contributed by atoms with E-state index in [0.717, 1.165) is 30.5 Å². The average Bonchev–Trinajstić information content (AvgIpc) is 3.32. The van der Waals surface area contributed by atoms with Gasteiger partial charge in [-0.25, -0.2) is 0 Å². The number of rotatable bonds is 7. The Kier molecular flexibility index (Phi) is 7.50. The van der Waals surface area contributed by atoms with Crippen LogP contribution in [0.2, 0.25) is 0 Å². The zero-order valence-corrected chi connectivity index (χ0v) is 16.7. The second kappa shape index (κ2) is 10.1. The van der Waals surface area contributed by atoms with Crippen molar-refractivity contribution in [1.82, 2.24) is 15.1 Å². The van der Waals surface area contributed by atoms with Crippen molar-refractivity contribution in [1.29, 1.82) is 0 Å². The third-order valence-electron chi connectivity index (χ3n) is 5.30. The van der Waals surface area contributed by atoms with Gasteiger partial charge in [0.05, 0.1) is 0 Å². The third kappa shape index (κ3) is 5.81. The van der Waals surface area contributed by atoms with E-state index < -0.39 is 10.8 Å². The van der Waals surface area contributed by atoms with Crippen molar-refractivity contribution >= 4 is 16.8 Å². The third-order valence-corrected chi connectivity index (χ3v) is 6.61. The summed E-state index contributed by atoms with van der Waals surface area (Å²) in [5.74, 6) is 2.99. The Morgan fingerprint density at radius 2 is 2.00 bits per heavy atom. The maximum Gasteiger partial charge on any atom is 0.193 e. The molecular weight excluding hydrogens is 344 g/mol. The maximum absolute atomic E-state index is 12.3. The number of nitrogens with zero attached hydrogens (tertiary/aromatic N) is 3. The SMILES string of the molecule is CN=C(NCCS(=O)Cc1ccccc1)N1CCC(CN2CCCC2)C1. The highest BCUT2D eigenvalue weighted by Gasteiger charge is 2.27. The monoisotopic (exact) mass is 376 g/mol. The lowest BCUT2D eigenvalue weighted by atomic mass is 10.1. The molecule has 0 spiro atoms. The lowest BCUT2D eigenvalue weighted by Gasteiger charge is -2.23. The van der Waals surface area contributed by atoms with Crippen molar-refractivity contribution in [3.05, 3.63) is 35.9 Å². The highest BCUT2D eigenvalue weighted by molar-refractivity contribution is 7.84. The van der Waals surface area contributed by atoms with Crippen molar-refractivity contribution in [2.24, 2.45) is 10.9 Å². The van der Waals surface area contributed by atoms with E-state index in [0.29, 0.717) is 18.1 Å². The quantitative estimate of drug-likeness (QED) is 0.584. The molecule has 2 fully saturated rings. The van der Waals surface area contributed by atoms with Crippen LogP contribution < -0.4 is 5.32 Å². The summed E-state index contributed by atoms with van der Waals surface area (Å²) in [4.78, 5) is 9.41. The van der Waals surface area contributed by atoms with E-state index in [1.54, 1.807) is 0 Å². The minimum absolute atomic E-state index is 0.628. The van der Waals surface area contributed by atoms with Crippen molar-refractivity contribution in [3.63, 3.8) is 0 Å². The Morgan fingerprint density at radius 3 is 2.73 bits per heavy atom. The maximum atomic E-state index is 12.3. The lowest BCUT2D eigenvalue weighted by molar-refractivity contribution is 0.281. The Balaban J connectivity index is 1.37. The van der Waals surface area contributed by atoms with Gasteiger partial charge in [-0.3, -0.25) is 9.20 Å². The van der Waals surface area contributed by atoms with Crippen LogP contribution in [0.5, 0.6) is 0 Å². The van der Waals surface area contributed by atoms with Crippen LogP contribution in [-0.2, 0) is 16.6 Å².